The largest absolute Gasteiger partial charge is 0.481 e. The zero-order valence-corrected chi connectivity index (χ0v) is 21.4. The number of anilines is 2. The number of carboxylic acid groups (broad SMARTS) is 1. The van der Waals surface area contributed by atoms with Gasteiger partial charge in [0, 0.05) is 44.2 Å². The molecule has 2 aromatic rings. The lowest BCUT2D eigenvalue weighted by atomic mass is 10.2. The Balaban J connectivity index is 0.000000842. The highest BCUT2D eigenvalue weighted by molar-refractivity contribution is 7.99. The van der Waals surface area contributed by atoms with Gasteiger partial charge in [-0.2, -0.15) is 0 Å². The van der Waals surface area contributed by atoms with Crippen LogP contribution in [-0.4, -0.2) is 83.4 Å². The van der Waals surface area contributed by atoms with Gasteiger partial charge in [-0.05, 0) is 56.7 Å². The van der Waals surface area contributed by atoms with Crippen LogP contribution < -0.4 is 4.90 Å². The van der Waals surface area contributed by atoms with Crippen LogP contribution in [0.2, 0.25) is 0 Å². The maximum Gasteiger partial charge on any atom is 0.300 e. The molecule has 0 unspecified atom stereocenters. The van der Waals surface area contributed by atoms with Gasteiger partial charge in [-0.1, -0.05) is 23.9 Å². The number of aliphatic hydroxyl groups is 1. The second-order valence-corrected chi connectivity index (χ2v) is 8.76. The number of aliphatic hydroxyl groups excluding tert-OH is 1. The van der Waals surface area contributed by atoms with Crippen molar-refractivity contribution in [1.82, 2.24) is 14.8 Å². The summed E-state index contributed by atoms with van der Waals surface area (Å²) in [6.07, 6.45) is 4.20. The van der Waals surface area contributed by atoms with E-state index in [1.54, 1.807) is 0 Å². The molecule has 0 amide bonds. The van der Waals surface area contributed by atoms with Crippen molar-refractivity contribution in [2.24, 2.45) is 0 Å². The van der Waals surface area contributed by atoms with Crippen LogP contribution in [0.4, 0.5) is 11.5 Å². The quantitative estimate of drug-likeness (QED) is 0.595. The summed E-state index contributed by atoms with van der Waals surface area (Å²) in [5, 5.41) is 16.6. The number of aromatic nitrogens is 1. The van der Waals surface area contributed by atoms with Crippen molar-refractivity contribution < 1.29 is 15.0 Å². The van der Waals surface area contributed by atoms with Crippen molar-refractivity contribution >= 4 is 54.1 Å². The van der Waals surface area contributed by atoms with Crippen molar-refractivity contribution in [3.8, 4) is 0 Å². The summed E-state index contributed by atoms with van der Waals surface area (Å²) in [4.78, 5) is 23.6. The molecular formula is C23H34Cl2N4O3S. The second kappa shape index (κ2) is 15.4. The minimum Gasteiger partial charge on any atom is -0.481 e. The molecule has 0 saturated carbocycles. The first-order valence-electron chi connectivity index (χ1n) is 10.8. The molecule has 3 heterocycles. The minimum atomic E-state index is -0.833. The predicted molar refractivity (Wildman–Crippen MR) is 139 cm³/mol. The molecule has 10 heteroatoms. The highest BCUT2D eigenvalue weighted by Gasteiger charge is 2.24. The molecule has 2 N–H and O–H groups in total. The first kappa shape index (κ1) is 29.5. The Labute approximate surface area is 213 Å². The molecule has 4 rings (SSSR count). The van der Waals surface area contributed by atoms with Crippen LogP contribution in [0.5, 0.6) is 0 Å². The zero-order valence-electron chi connectivity index (χ0n) is 18.9. The molecule has 1 fully saturated rings. The van der Waals surface area contributed by atoms with Crippen LogP contribution in [0.1, 0.15) is 19.8 Å². The van der Waals surface area contributed by atoms with Crippen molar-refractivity contribution in [3.63, 3.8) is 0 Å². The van der Waals surface area contributed by atoms with Gasteiger partial charge in [0.05, 0.1) is 17.2 Å². The van der Waals surface area contributed by atoms with Crippen LogP contribution in [-0.2, 0) is 4.79 Å². The van der Waals surface area contributed by atoms with E-state index in [1.165, 1.54) is 21.9 Å². The van der Waals surface area contributed by atoms with E-state index < -0.39 is 5.97 Å². The second-order valence-electron chi connectivity index (χ2n) is 7.68. The number of carbonyl (C=O) groups is 1. The third-order valence-electron chi connectivity index (χ3n) is 5.34. The van der Waals surface area contributed by atoms with Crippen molar-refractivity contribution in [2.75, 3.05) is 57.3 Å². The Morgan fingerprint density at radius 3 is 2.30 bits per heavy atom. The van der Waals surface area contributed by atoms with E-state index in [9.17, 15) is 0 Å². The summed E-state index contributed by atoms with van der Waals surface area (Å²) in [5.41, 5.74) is 1.28. The highest BCUT2D eigenvalue weighted by Crippen LogP contribution is 2.46. The number of β-amino-alcohol motifs (C(OH)–C–C–N with tert-alkyl or cyclic N) is 1. The summed E-state index contributed by atoms with van der Waals surface area (Å²) < 4.78 is 0. The lowest BCUT2D eigenvalue weighted by molar-refractivity contribution is -0.134. The van der Waals surface area contributed by atoms with E-state index in [4.69, 9.17) is 15.0 Å². The van der Waals surface area contributed by atoms with Crippen LogP contribution in [0.25, 0.3) is 0 Å². The number of carboxylic acids is 1. The number of benzene rings is 1. The number of aliphatic carboxylic acids is 1. The third kappa shape index (κ3) is 8.96. The first-order chi connectivity index (χ1) is 15.1. The van der Waals surface area contributed by atoms with Gasteiger partial charge in [0.15, 0.2) is 0 Å². The van der Waals surface area contributed by atoms with Crippen molar-refractivity contribution in [3.05, 3.63) is 42.6 Å². The standard InChI is InChI=1S/C21H28N4OS.C2H4O2.2ClH/c26-17-16-24-11-4-10-23(14-15-24)12-5-13-25-18-6-1-2-7-19(18)27-20-8-3-9-22-21(20)25;1-2(3)4;;/h1-3,6-9,26H,4-5,10-17H2;1H3,(H,3,4);2*1H. The smallest absolute Gasteiger partial charge is 0.300 e. The number of halogens is 2. The fraction of sp³-hybridized carbons (Fsp3) is 0.478. The van der Waals surface area contributed by atoms with Gasteiger partial charge in [-0.15, -0.1) is 24.8 Å². The first-order valence-corrected chi connectivity index (χ1v) is 11.6. The van der Waals surface area contributed by atoms with Crippen molar-refractivity contribution in [1.29, 1.82) is 0 Å². The SMILES string of the molecule is CC(=O)O.Cl.Cl.OCCN1CCCN(CCCN2c3ccccc3Sc3cccnc32)CC1. The van der Waals surface area contributed by atoms with Crippen LogP contribution in [0.3, 0.4) is 0 Å². The summed E-state index contributed by atoms with van der Waals surface area (Å²) >= 11 is 1.81. The Hall–Kier alpha value is -1.55. The number of pyridine rings is 1. The Bertz CT molecular complexity index is 812. The average molecular weight is 518 g/mol. The fourth-order valence-corrected chi connectivity index (χ4v) is 5.02. The van der Waals surface area contributed by atoms with E-state index in [2.05, 4.69) is 50.0 Å². The fourth-order valence-electron chi connectivity index (χ4n) is 3.96. The van der Waals surface area contributed by atoms with E-state index in [0.717, 1.165) is 65.0 Å². The molecule has 1 saturated heterocycles. The summed E-state index contributed by atoms with van der Waals surface area (Å²) in [7, 11) is 0. The molecule has 7 nitrogen and oxygen atoms in total. The topological polar surface area (TPSA) is 80.1 Å². The van der Waals surface area contributed by atoms with Gasteiger partial charge < -0.3 is 20.0 Å². The molecule has 184 valence electrons. The lowest BCUT2D eigenvalue weighted by Crippen LogP contribution is -2.34. The molecule has 33 heavy (non-hydrogen) atoms. The molecule has 0 spiro atoms. The molecule has 1 aromatic carbocycles. The minimum absolute atomic E-state index is 0. The van der Waals surface area contributed by atoms with E-state index >= 15 is 0 Å². The average Bonchev–Trinajstić information content (AvgIpc) is 2.98. The van der Waals surface area contributed by atoms with E-state index in [0.29, 0.717) is 0 Å². The summed E-state index contributed by atoms with van der Waals surface area (Å²) in [6.45, 7) is 8.67. The zero-order chi connectivity index (χ0) is 22.1. The summed E-state index contributed by atoms with van der Waals surface area (Å²) in [6, 6.07) is 12.8. The lowest BCUT2D eigenvalue weighted by Gasteiger charge is -2.32. The van der Waals surface area contributed by atoms with Gasteiger partial charge in [0.25, 0.3) is 5.97 Å². The molecule has 1 aromatic heterocycles. The maximum absolute atomic E-state index is 9.15. The number of hydrogen-bond acceptors (Lipinski definition) is 7. The Kier molecular flexibility index (Phi) is 13.7. The Morgan fingerprint density at radius 1 is 0.970 bits per heavy atom. The van der Waals surface area contributed by atoms with E-state index in [-0.39, 0.29) is 31.4 Å². The monoisotopic (exact) mass is 516 g/mol. The number of fused-ring (bicyclic) bond motifs is 2. The predicted octanol–water partition coefficient (Wildman–Crippen LogP) is 4.01. The Morgan fingerprint density at radius 2 is 1.61 bits per heavy atom. The normalized spacial score (nSPS) is 15.5. The van der Waals surface area contributed by atoms with Gasteiger partial charge in [-0.25, -0.2) is 4.98 Å². The molecule has 0 atom stereocenters. The van der Waals surface area contributed by atoms with E-state index in [1.807, 2.05) is 24.0 Å². The van der Waals surface area contributed by atoms with Crippen LogP contribution in [0.15, 0.2) is 52.4 Å². The highest BCUT2D eigenvalue weighted by atomic mass is 35.5. The summed E-state index contributed by atoms with van der Waals surface area (Å²) in [5.74, 6) is 0.256. The van der Waals surface area contributed by atoms with Gasteiger partial charge in [0.1, 0.15) is 5.82 Å². The van der Waals surface area contributed by atoms with Gasteiger partial charge in [-0.3, -0.25) is 9.69 Å². The molecule has 2 aliphatic rings. The molecule has 0 bridgehead atoms. The van der Waals surface area contributed by atoms with Crippen molar-refractivity contribution in [2.45, 2.75) is 29.6 Å². The molecule has 0 aliphatic carbocycles. The van der Waals surface area contributed by atoms with Crippen LogP contribution in [0, 0.1) is 0 Å². The van der Waals surface area contributed by atoms with Gasteiger partial charge >= 0.3 is 0 Å². The number of nitrogens with zero attached hydrogens (tertiary/aromatic N) is 4. The van der Waals surface area contributed by atoms with Crippen LogP contribution >= 0.6 is 36.6 Å². The van der Waals surface area contributed by atoms with Gasteiger partial charge in [0.2, 0.25) is 0 Å². The maximum atomic E-state index is 9.15. The number of rotatable bonds is 6. The molecular weight excluding hydrogens is 483 g/mol. The third-order valence-corrected chi connectivity index (χ3v) is 6.44. The number of hydrogen-bond donors (Lipinski definition) is 2. The molecule has 2 aliphatic heterocycles. The molecule has 0 radical (unpaired) electrons. The number of para-hydroxylation sites is 1.